The van der Waals surface area contributed by atoms with E-state index in [2.05, 4.69) is 25.8 Å². The molecule has 1 aromatic carbocycles. The standard InChI is InChI=1S/C10H9ClN6O2/c11-6-3-5(12)1-2-7(6)15-8(18)9(19)16-10-13-4-14-17-10/h1-4H,12H2,(H,15,18)(H2,13,14,16,17,19). The van der Waals surface area contributed by atoms with Crippen molar-refractivity contribution in [1.82, 2.24) is 15.2 Å². The number of hydrogen-bond acceptors (Lipinski definition) is 5. The predicted molar refractivity (Wildman–Crippen MR) is 69.5 cm³/mol. The van der Waals surface area contributed by atoms with E-state index in [0.717, 1.165) is 0 Å². The second kappa shape index (κ2) is 5.36. The SMILES string of the molecule is Nc1ccc(NC(=O)C(=O)Nc2ncn[nH]2)c(Cl)c1. The number of rotatable bonds is 2. The molecule has 0 bridgehead atoms. The largest absolute Gasteiger partial charge is 0.399 e. The third-order valence-electron chi connectivity index (χ3n) is 2.09. The van der Waals surface area contributed by atoms with Crippen molar-refractivity contribution in [2.24, 2.45) is 0 Å². The number of anilines is 3. The Balaban J connectivity index is 2.02. The third-order valence-corrected chi connectivity index (χ3v) is 2.41. The second-order valence-electron chi connectivity index (χ2n) is 3.48. The van der Waals surface area contributed by atoms with Crippen LogP contribution in [0.25, 0.3) is 0 Å². The van der Waals surface area contributed by atoms with Gasteiger partial charge in [0.2, 0.25) is 5.95 Å². The Morgan fingerprint density at radius 2 is 2.00 bits per heavy atom. The van der Waals surface area contributed by atoms with Crippen LogP contribution < -0.4 is 16.4 Å². The number of carbonyl (C=O) groups is 2. The van der Waals surface area contributed by atoms with Crippen molar-refractivity contribution >= 4 is 40.7 Å². The minimum Gasteiger partial charge on any atom is -0.399 e. The number of halogens is 1. The summed E-state index contributed by atoms with van der Waals surface area (Å²) >= 11 is 5.87. The lowest BCUT2D eigenvalue weighted by molar-refractivity contribution is -0.133. The molecule has 0 saturated heterocycles. The third kappa shape index (κ3) is 3.19. The molecule has 0 spiro atoms. The predicted octanol–water partition coefficient (Wildman–Crippen LogP) is 0.618. The fraction of sp³-hybridized carbons (Fsp3) is 0. The molecule has 0 aliphatic carbocycles. The molecule has 0 saturated carbocycles. The molecule has 19 heavy (non-hydrogen) atoms. The molecule has 1 heterocycles. The molecule has 98 valence electrons. The first-order chi connectivity index (χ1) is 9.06. The Bertz CT molecular complexity index is 612. The Labute approximate surface area is 112 Å². The van der Waals surface area contributed by atoms with E-state index in [1.165, 1.54) is 18.5 Å². The molecular formula is C10H9ClN6O2. The van der Waals surface area contributed by atoms with Crippen LogP contribution in [0.4, 0.5) is 17.3 Å². The van der Waals surface area contributed by atoms with Crippen molar-refractivity contribution < 1.29 is 9.59 Å². The molecule has 0 fully saturated rings. The van der Waals surface area contributed by atoms with Crippen LogP contribution >= 0.6 is 11.6 Å². The molecule has 0 radical (unpaired) electrons. The summed E-state index contributed by atoms with van der Waals surface area (Å²) in [6.45, 7) is 0. The molecule has 0 aliphatic rings. The first-order valence-corrected chi connectivity index (χ1v) is 5.47. The number of benzene rings is 1. The highest BCUT2D eigenvalue weighted by atomic mass is 35.5. The van der Waals surface area contributed by atoms with E-state index in [0.29, 0.717) is 5.69 Å². The summed E-state index contributed by atoms with van der Waals surface area (Å²) in [5, 5.41) is 10.7. The van der Waals surface area contributed by atoms with Gasteiger partial charge in [-0.15, -0.1) is 0 Å². The first kappa shape index (κ1) is 12.8. The van der Waals surface area contributed by atoms with Crippen LogP contribution in [0.15, 0.2) is 24.5 Å². The normalized spacial score (nSPS) is 9.95. The van der Waals surface area contributed by atoms with Gasteiger partial charge in [-0.1, -0.05) is 11.6 Å². The van der Waals surface area contributed by atoms with E-state index in [1.807, 2.05) is 0 Å². The molecule has 2 rings (SSSR count). The van der Waals surface area contributed by atoms with Gasteiger partial charge in [0.1, 0.15) is 6.33 Å². The van der Waals surface area contributed by atoms with Crippen LogP contribution in [0.2, 0.25) is 5.02 Å². The minimum absolute atomic E-state index is 0.0727. The van der Waals surface area contributed by atoms with Crippen LogP contribution in [-0.2, 0) is 9.59 Å². The number of nitrogens with one attached hydrogen (secondary N) is 3. The number of amides is 2. The van der Waals surface area contributed by atoms with Gasteiger partial charge in [-0.25, -0.2) is 5.10 Å². The zero-order chi connectivity index (χ0) is 13.8. The van der Waals surface area contributed by atoms with Gasteiger partial charge in [-0.3, -0.25) is 14.9 Å². The highest BCUT2D eigenvalue weighted by Crippen LogP contribution is 2.23. The fourth-order valence-corrected chi connectivity index (χ4v) is 1.48. The van der Waals surface area contributed by atoms with Gasteiger partial charge in [0.05, 0.1) is 10.7 Å². The Hall–Kier alpha value is -2.61. The number of hydrogen-bond donors (Lipinski definition) is 4. The topological polar surface area (TPSA) is 126 Å². The molecule has 2 aromatic rings. The van der Waals surface area contributed by atoms with Gasteiger partial charge in [0.25, 0.3) is 0 Å². The number of nitrogens with zero attached hydrogens (tertiary/aromatic N) is 2. The minimum atomic E-state index is -0.898. The average Bonchev–Trinajstić information content (AvgIpc) is 2.85. The van der Waals surface area contributed by atoms with E-state index in [1.54, 1.807) is 6.07 Å². The van der Waals surface area contributed by atoms with Crippen LogP contribution in [0.3, 0.4) is 0 Å². The van der Waals surface area contributed by atoms with Crippen molar-refractivity contribution in [2.75, 3.05) is 16.4 Å². The lowest BCUT2D eigenvalue weighted by atomic mass is 10.3. The lowest BCUT2D eigenvalue weighted by Gasteiger charge is -2.07. The number of aromatic amines is 1. The molecular weight excluding hydrogens is 272 g/mol. The monoisotopic (exact) mass is 280 g/mol. The van der Waals surface area contributed by atoms with E-state index in [4.69, 9.17) is 17.3 Å². The zero-order valence-corrected chi connectivity index (χ0v) is 10.2. The summed E-state index contributed by atoms with van der Waals surface area (Å²) in [5.74, 6) is -1.71. The molecule has 2 amide bonds. The molecule has 5 N–H and O–H groups in total. The number of carbonyl (C=O) groups excluding carboxylic acids is 2. The van der Waals surface area contributed by atoms with Crippen molar-refractivity contribution in [2.45, 2.75) is 0 Å². The van der Waals surface area contributed by atoms with E-state index >= 15 is 0 Å². The summed E-state index contributed by atoms with van der Waals surface area (Å²) in [4.78, 5) is 26.8. The summed E-state index contributed by atoms with van der Waals surface area (Å²) in [5.41, 5.74) is 6.25. The molecule has 1 aromatic heterocycles. The maximum atomic E-state index is 11.6. The van der Waals surface area contributed by atoms with Gasteiger partial charge in [0.15, 0.2) is 0 Å². The van der Waals surface area contributed by atoms with E-state index in [9.17, 15) is 9.59 Å². The number of aromatic nitrogens is 3. The van der Waals surface area contributed by atoms with Gasteiger partial charge >= 0.3 is 11.8 Å². The van der Waals surface area contributed by atoms with Crippen molar-refractivity contribution in [3.8, 4) is 0 Å². The molecule has 9 heteroatoms. The van der Waals surface area contributed by atoms with Crippen molar-refractivity contribution in [3.63, 3.8) is 0 Å². The summed E-state index contributed by atoms with van der Waals surface area (Å²) in [6.07, 6.45) is 1.20. The Kier molecular flexibility index (Phi) is 3.62. The van der Waals surface area contributed by atoms with Crippen molar-refractivity contribution in [3.05, 3.63) is 29.5 Å². The van der Waals surface area contributed by atoms with Crippen LogP contribution in [0.1, 0.15) is 0 Å². The summed E-state index contributed by atoms with van der Waals surface area (Å²) in [7, 11) is 0. The lowest BCUT2D eigenvalue weighted by Crippen LogP contribution is -2.29. The van der Waals surface area contributed by atoms with Gasteiger partial charge in [0, 0.05) is 5.69 Å². The van der Waals surface area contributed by atoms with E-state index in [-0.39, 0.29) is 16.7 Å². The maximum Gasteiger partial charge on any atom is 0.316 e. The average molecular weight is 281 g/mol. The Morgan fingerprint density at radius 1 is 1.26 bits per heavy atom. The van der Waals surface area contributed by atoms with Gasteiger partial charge < -0.3 is 11.1 Å². The number of nitrogen functional groups attached to an aromatic ring is 1. The molecule has 8 nitrogen and oxygen atoms in total. The summed E-state index contributed by atoms with van der Waals surface area (Å²) < 4.78 is 0. The molecule has 0 aliphatic heterocycles. The van der Waals surface area contributed by atoms with Gasteiger partial charge in [-0.2, -0.15) is 10.1 Å². The fourth-order valence-electron chi connectivity index (χ4n) is 1.24. The number of H-pyrrole nitrogens is 1. The van der Waals surface area contributed by atoms with Crippen molar-refractivity contribution in [1.29, 1.82) is 0 Å². The first-order valence-electron chi connectivity index (χ1n) is 5.09. The highest BCUT2D eigenvalue weighted by Gasteiger charge is 2.16. The number of nitrogens with two attached hydrogens (primary N) is 1. The quantitative estimate of drug-likeness (QED) is 0.474. The smallest absolute Gasteiger partial charge is 0.316 e. The van der Waals surface area contributed by atoms with Crippen LogP contribution in [0, 0.1) is 0 Å². The maximum absolute atomic E-state index is 11.6. The van der Waals surface area contributed by atoms with Gasteiger partial charge in [-0.05, 0) is 18.2 Å². The molecule has 0 atom stereocenters. The molecule has 0 unspecified atom stereocenters. The van der Waals surface area contributed by atoms with Crippen LogP contribution in [-0.4, -0.2) is 27.0 Å². The zero-order valence-electron chi connectivity index (χ0n) is 9.48. The highest BCUT2D eigenvalue weighted by molar-refractivity contribution is 6.44. The summed E-state index contributed by atoms with van der Waals surface area (Å²) in [6, 6.07) is 4.51. The Morgan fingerprint density at radius 3 is 2.63 bits per heavy atom. The van der Waals surface area contributed by atoms with E-state index < -0.39 is 11.8 Å². The van der Waals surface area contributed by atoms with Crippen LogP contribution in [0.5, 0.6) is 0 Å². The second-order valence-corrected chi connectivity index (χ2v) is 3.89.